The summed E-state index contributed by atoms with van der Waals surface area (Å²) in [6.45, 7) is 1.91. The van der Waals surface area contributed by atoms with Gasteiger partial charge >= 0.3 is 0 Å². The third-order valence-electron chi connectivity index (χ3n) is 2.20. The van der Waals surface area contributed by atoms with Gasteiger partial charge in [-0.3, -0.25) is 5.43 Å². The number of nitrogens with zero attached hydrogens (tertiary/aromatic N) is 1. The molecule has 6 heteroatoms. The highest BCUT2D eigenvalue weighted by Gasteiger charge is 2.02. The molecule has 94 valence electrons. The Kier molecular flexibility index (Phi) is 4.51. The van der Waals surface area contributed by atoms with Crippen LogP contribution in [0.1, 0.15) is 11.8 Å². The molecule has 0 unspecified atom stereocenters. The first-order chi connectivity index (χ1) is 8.56. The minimum Gasteiger partial charge on any atom is -0.278 e. The Morgan fingerprint density at radius 1 is 1.11 bits per heavy atom. The van der Waals surface area contributed by atoms with E-state index in [-0.39, 0.29) is 0 Å². The van der Waals surface area contributed by atoms with E-state index in [0.29, 0.717) is 10.0 Å². The fourth-order valence-corrected chi connectivity index (χ4v) is 2.56. The van der Waals surface area contributed by atoms with Gasteiger partial charge in [0.1, 0.15) is 0 Å². The maximum absolute atomic E-state index is 5.91. The Balaban J connectivity index is 2.12. The van der Waals surface area contributed by atoms with Crippen LogP contribution in [-0.2, 0) is 0 Å². The molecule has 0 saturated heterocycles. The van der Waals surface area contributed by atoms with E-state index in [4.69, 9.17) is 34.8 Å². The van der Waals surface area contributed by atoms with E-state index in [0.717, 1.165) is 20.6 Å². The zero-order chi connectivity index (χ0) is 13.1. The van der Waals surface area contributed by atoms with Gasteiger partial charge in [-0.05, 0) is 37.3 Å². The van der Waals surface area contributed by atoms with E-state index < -0.39 is 0 Å². The third kappa shape index (κ3) is 3.39. The first kappa shape index (κ1) is 13.7. The normalized spacial score (nSPS) is 11.7. The molecule has 0 bridgehead atoms. The van der Waals surface area contributed by atoms with Crippen molar-refractivity contribution in [3.63, 3.8) is 0 Å². The molecule has 2 nitrogen and oxygen atoms in total. The average molecular weight is 320 g/mol. The molecule has 2 rings (SSSR count). The molecule has 0 radical (unpaired) electrons. The molecule has 0 atom stereocenters. The lowest BCUT2D eigenvalue weighted by Gasteiger charge is -2.03. The molecule has 18 heavy (non-hydrogen) atoms. The summed E-state index contributed by atoms with van der Waals surface area (Å²) in [5, 5.41) is 5.28. The molecule has 1 N–H and O–H groups in total. The monoisotopic (exact) mass is 318 g/mol. The third-order valence-corrected chi connectivity index (χ3v) is 4.28. The number of thiophene rings is 1. The quantitative estimate of drug-likeness (QED) is 0.582. The Hall–Kier alpha value is -0.740. The van der Waals surface area contributed by atoms with E-state index in [1.165, 1.54) is 11.3 Å². The molecule has 0 amide bonds. The Morgan fingerprint density at radius 2 is 1.89 bits per heavy atom. The summed E-state index contributed by atoms with van der Waals surface area (Å²) in [4.78, 5) is 1.02. The van der Waals surface area contributed by atoms with Crippen molar-refractivity contribution >= 4 is 57.5 Å². The number of halogens is 3. The van der Waals surface area contributed by atoms with Crippen molar-refractivity contribution in [2.24, 2.45) is 5.10 Å². The van der Waals surface area contributed by atoms with Crippen LogP contribution in [0.15, 0.2) is 35.4 Å². The van der Waals surface area contributed by atoms with Crippen LogP contribution in [0.5, 0.6) is 0 Å². The second-order valence-electron chi connectivity index (χ2n) is 3.54. The van der Waals surface area contributed by atoms with Crippen molar-refractivity contribution < 1.29 is 0 Å². The van der Waals surface area contributed by atoms with Gasteiger partial charge in [-0.2, -0.15) is 5.10 Å². The van der Waals surface area contributed by atoms with Gasteiger partial charge in [0.25, 0.3) is 0 Å². The van der Waals surface area contributed by atoms with Crippen LogP contribution in [0.3, 0.4) is 0 Å². The molecule has 2 aromatic rings. The van der Waals surface area contributed by atoms with Gasteiger partial charge in [0, 0.05) is 0 Å². The molecule has 0 aliphatic rings. The van der Waals surface area contributed by atoms with Gasteiger partial charge in [-0.15, -0.1) is 11.3 Å². The van der Waals surface area contributed by atoms with Crippen molar-refractivity contribution in [2.45, 2.75) is 6.92 Å². The smallest absolute Gasteiger partial charge is 0.0935 e. The number of hydrogen-bond acceptors (Lipinski definition) is 3. The first-order valence-electron chi connectivity index (χ1n) is 5.07. The van der Waals surface area contributed by atoms with Crippen molar-refractivity contribution in [3.05, 3.63) is 49.6 Å². The number of anilines is 1. The van der Waals surface area contributed by atoms with Gasteiger partial charge in [0.05, 0.1) is 30.7 Å². The number of hydrazone groups is 1. The van der Waals surface area contributed by atoms with Crippen LogP contribution < -0.4 is 5.43 Å². The zero-order valence-corrected chi connectivity index (χ0v) is 12.5. The van der Waals surface area contributed by atoms with E-state index in [1.54, 1.807) is 12.1 Å². The van der Waals surface area contributed by atoms with Crippen LogP contribution in [0.4, 0.5) is 5.69 Å². The summed E-state index contributed by atoms with van der Waals surface area (Å²) in [7, 11) is 0. The minimum absolute atomic E-state index is 0.494. The number of benzene rings is 1. The fraction of sp³-hybridized carbons (Fsp3) is 0.0833. The molecular formula is C12H9Cl3N2S. The predicted molar refractivity (Wildman–Crippen MR) is 81.6 cm³/mol. The highest BCUT2D eigenvalue weighted by atomic mass is 35.5. The molecule has 0 aliphatic carbocycles. The van der Waals surface area contributed by atoms with Crippen molar-refractivity contribution in [1.82, 2.24) is 0 Å². The Morgan fingerprint density at radius 3 is 2.50 bits per heavy atom. The predicted octanol–water partition coefficient (Wildman–Crippen LogP) is 5.54. The lowest BCUT2D eigenvalue weighted by atomic mass is 10.3. The van der Waals surface area contributed by atoms with Gasteiger partial charge < -0.3 is 0 Å². The summed E-state index contributed by atoms with van der Waals surface area (Å²) in [5.41, 5.74) is 4.57. The highest BCUT2D eigenvalue weighted by Crippen LogP contribution is 2.25. The molecule has 0 spiro atoms. The number of hydrogen-bond donors (Lipinski definition) is 1. The van der Waals surface area contributed by atoms with E-state index in [2.05, 4.69) is 10.5 Å². The van der Waals surface area contributed by atoms with Crippen LogP contribution in [0.2, 0.25) is 14.4 Å². The van der Waals surface area contributed by atoms with Crippen LogP contribution in [0, 0.1) is 0 Å². The zero-order valence-electron chi connectivity index (χ0n) is 9.38. The van der Waals surface area contributed by atoms with Crippen LogP contribution in [0.25, 0.3) is 0 Å². The second kappa shape index (κ2) is 5.93. The van der Waals surface area contributed by atoms with Crippen LogP contribution >= 0.6 is 46.1 Å². The summed E-state index contributed by atoms with van der Waals surface area (Å²) in [5.74, 6) is 0. The van der Waals surface area contributed by atoms with Crippen molar-refractivity contribution in [1.29, 1.82) is 0 Å². The van der Waals surface area contributed by atoms with E-state index >= 15 is 0 Å². The fourth-order valence-electron chi connectivity index (χ4n) is 1.28. The molecule has 1 aromatic heterocycles. The molecular weight excluding hydrogens is 311 g/mol. The topological polar surface area (TPSA) is 24.4 Å². The highest BCUT2D eigenvalue weighted by molar-refractivity contribution is 7.18. The number of rotatable bonds is 3. The lowest BCUT2D eigenvalue weighted by molar-refractivity contribution is 1.33. The van der Waals surface area contributed by atoms with Crippen molar-refractivity contribution in [2.75, 3.05) is 5.43 Å². The van der Waals surface area contributed by atoms with E-state index in [1.807, 2.05) is 25.1 Å². The van der Waals surface area contributed by atoms with Crippen molar-refractivity contribution in [3.8, 4) is 0 Å². The van der Waals surface area contributed by atoms with Gasteiger partial charge in [-0.1, -0.05) is 34.8 Å². The average Bonchev–Trinajstić information content (AvgIpc) is 2.77. The summed E-state index contributed by atoms with van der Waals surface area (Å²) >= 11 is 19.1. The van der Waals surface area contributed by atoms with Crippen LogP contribution in [-0.4, -0.2) is 5.71 Å². The maximum atomic E-state index is 5.91. The molecule has 0 aliphatic heterocycles. The SMILES string of the molecule is CC(=NNc1ccc(Cl)c(Cl)c1)c1ccc(Cl)s1. The molecule has 0 fully saturated rings. The lowest BCUT2D eigenvalue weighted by Crippen LogP contribution is -1.97. The summed E-state index contributed by atoms with van der Waals surface area (Å²) in [6.07, 6.45) is 0. The standard InChI is InChI=1S/C12H9Cl3N2S/c1-7(11-4-5-12(15)18-11)16-17-8-2-3-9(13)10(14)6-8/h2-6,17H,1H3. The number of nitrogens with one attached hydrogen (secondary N) is 1. The Bertz CT molecular complexity index is 593. The second-order valence-corrected chi connectivity index (χ2v) is 6.07. The Labute approximate surface area is 124 Å². The van der Waals surface area contributed by atoms with Gasteiger partial charge in [-0.25, -0.2) is 0 Å². The molecule has 0 saturated carbocycles. The van der Waals surface area contributed by atoms with E-state index in [9.17, 15) is 0 Å². The minimum atomic E-state index is 0.494. The summed E-state index contributed by atoms with van der Waals surface area (Å²) in [6, 6.07) is 9.04. The first-order valence-corrected chi connectivity index (χ1v) is 7.02. The molecule has 1 heterocycles. The largest absolute Gasteiger partial charge is 0.278 e. The maximum Gasteiger partial charge on any atom is 0.0935 e. The van der Waals surface area contributed by atoms with Gasteiger partial charge in [0.15, 0.2) is 0 Å². The van der Waals surface area contributed by atoms with Gasteiger partial charge in [0.2, 0.25) is 0 Å². The summed E-state index contributed by atoms with van der Waals surface area (Å²) < 4.78 is 0.745. The molecule has 1 aromatic carbocycles.